The summed E-state index contributed by atoms with van der Waals surface area (Å²) in [6.45, 7) is 0.384. The first-order valence-electron chi connectivity index (χ1n) is 5.86. The van der Waals surface area contributed by atoms with Crippen molar-refractivity contribution in [3.05, 3.63) is 34.7 Å². The molecule has 1 aliphatic heterocycles. The van der Waals surface area contributed by atoms with Gasteiger partial charge in [0.15, 0.2) is 5.43 Å². The fourth-order valence-corrected chi connectivity index (χ4v) is 2.10. The van der Waals surface area contributed by atoms with Crippen molar-refractivity contribution in [2.24, 2.45) is 5.92 Å². The van der Waals surface area contributed by atoms with Gasteiger partial charge in [0.05, 0.1) is 19.3 Å². The van der Waals surface area contributed by atoms with Gasteiger partial charge in [-0.1, -0.05) is 0 Å². The number of rotatable bonds is 3. The zero-order valence-corrected chi connectivity index (χ0v) is 9.85. The summed E-state index contributed by atoms with van der Waals surface area (Å²) in [5, 5.41) is 28.6. The van der Waals surface area contributed by atoms with Gasteiger partial charge < -0.3 is 24.6 Å². The van der Waals surface area contributed by atoms with Crippen LogP contribution in [0.15, 0.2) is 29.3 Å². The van der Waals surface area contributed by atoms with Crippen LogP contribution in [0.1, 0.15) is 0 Å². The minimum Gasteiger partial charge on any atom is -0.394 e. The molecule has 0 radical (unpaired) electrons. The second kappa shape index (κ2) is 5.62. The average molecular weight is 255 g/mol. The van der Waals surface area contributed by atoms with E-state index >= 15 is 0 Å². The summed E-state index contributed by atoms with van der Waals surface area (Å²) in [6.07, 6.45) is 0.479. The zero-order valence-electron chi connectivity index (χ0n) is 9.85. The van der Waals surface area contributed by atoms with Crippen molar-refractivity contribution in [1.29, 1.82) is 0 Å². The third-order valence-corrected chi connectivity index (χ3v) is 3.22. The molecule has 6 nitrogen and oxygen atoms in total. The molecule has 1 aliphatic rings. The molecule has 1 aromatic rings. The molecule has 1 saturated heterocycles. The van der Waals surface area contributed by atoms with E-state index in [1.54, 1.807) is 17.0 Å². The maximum absolute atomic E-state index is 11.0. The van der Waals surface area contributed by atoms with Gasteiger partial charge in [0, 0.05) is 37.0 Å². The van der Waals surface area contributed by atoms with Gasteiger partial charge >= 0.3 is 0 Å². The van der Waals surface area contributed by atoms with Gasteiger partial charge in [-0.05, 0) is 0 Å². The van der Waals surface area contributed by atoms with E-state index in [1.807, 2.05) is 0 Å². The van der Waals surface area contributed by atoms with Gasteiger partial charge in [0.1, 0.15) is 12.2 Å². The minimum absolute atomic E-state index is 0.0768. The zero-order chi connectivity index (χ0) is 13.1. The van der Waals surface area contributed by atoms with Gasteiger partial charge in [-0.3, -0.25) is 4.79 Å². The van der Waals surface area contributed by atoms with Crippen LogP contribution in [0, 0.1) is 5.92 Å². The van der Waals surface area contributed by atoms with Crippen molar-refractivity contribution in [2.45, 2.75) is 24.9 Å². The van der Waals surface area contributed by atoms with Crippen LogP contribution >= 0.6 is 0 Å². The van der Waals surface area contributed by atoms with E-state index < -0.39 is 18.3 Å². The normalized spacial score (nSPS) is 32.4. The average Bonchev–Trinajstić information content (AvgIpc) is 2.38. The van der Waals surface area contributed by atoms with Crippen LogP contribution < -0.4 is 5.43 Å². The molecule has 0 aromatic carbocycles. The van der Waals surface area contributed by atoms with E-state index in [-0.39, 0.29) is 24.6 Å². The first kappa shape index (κ1) is 13.2. The highest BCUT2D eigenvalue weighted by Gasteiger charge is 2.37. The van der Waals surface area contributed by atoms with E-state index in [0.717, 1.165) is 0 Å². The van der Waals surface area contributed by atoms with E-state index in [9.17, 15) is 15.0 Å². The number of aliphatic hydroxyl groups excluding tert-OH is 3. The van der Waals surface area contributed by atoms with Gasteiger partial charge in [0.25, 0.3) is 0 Å². The summed E-state index contributed by atoms with van der Waals surface area (Å²) in [5.74, 6) is -0.273. The Bertz CT molecular complexity index is 426. The molecular formula is C12H17NO5. The highest BCUT2D eigenvalue weighted by atomic mass is 16.5. The summed E-state index contributed by atoms with van der Waals surface area (Å²) in [7, 11) is 0. The van der Waals surface area contributed by atoms with Crippen LogP contribution in [0.25, 0.3) is 0 Å². The number of aliphatic hydroxyl groups is 3. The molecule has 0 amide bonds. The molecular weight excluding hydrogens is 238 g/mol. The summed E-state index contributed by atoms with van der Waals surface area (Å²) in [6, 6.07) is 2.87. The molecule has 18 heavy (non-hydrogen) atoms. The molecule has 100 valence electrons. The van der Waals surface area contributed by atoms with Crippen molar-refractivity contribution in [1.82, 2.24) is 4.57 Å². The lowest BCUT2D eigenvalue weighted by Crippen LogP contribution is -2.52. The molecule has 2 rings (SSSR count). The lowest BCUT2D eigenvalue weighted by Gasteiger charge is -2.37. The molecule has 0 unspecified atom stereocenters. The summed E-state index contributed by atoms with van der Waals surface area (Å²) >= 11 is 0. The molecule has 0 saturated carbocycles. The lowest BCUT2D eigenvalue weighted by atomic mass is 9.92. The van der Waals surface area contributed by atoms with Crippen molar-refractivity contribution in [2.75, 3.05) is 13.2 Å². The highest BCUT2D eigenvalue weighted by Crippen LogP contribution is 2.21. The Balaban J connectivity index is 2.02. The van der Waals surface area contributed by atoms with Crippen molar-refractivity contribution >= 4 is 0 Å². The predicted molar refractivity (Wildman–Crippen MR) is 63.0 cm³/mol. The van der Waals surface area contributed by atoms with Crippen LogP contribution in [0.3, 0.4) is 0 Å². The van der Waals surface area contributed by atoms with Gasteiger partial charge in [-0.15, -0.1) is 0 Å². The van der Waals surface area contributed by atoms with Crippen LogP contribution in [-0.4, -0.2) is 51.4 Å². The Morgan fingerprint density at radius 1 is 1.28 bits per heavy atom. The maximum Gasteiger partial charge on any atom is 0.181 e. The molecule has 4 atom stereocenters. The Morgan fingerprint density at radius 2 is 1.94 bits per heavy atom. The molecule has 3 N–H and O–H groups in total. The summed E-state index contributed by atoms with van der Waals surface area (Å²) in [5.41, 5.74) is -0.0768. The van der Waals surface area contributed by atoms with Crippen molar-refractivity contribution < 1.29 is 20.1 Å². The number of pyridine rings is 1. The summed E-state index contributed by atoms with van der Waals surface area (Å²) in [4.78, 5) is 11.0. The number of ether oxygens (including phenoxy) is 1. The van der Waals surface area contributed by atoms with Crippen molar-refractivity contribution in [3.8, 4) is 0 Å². The standard InChI is InChI=1S/C12H17NO5/c14-6-10-12(17)11(16)8(7-18-10)5-13-3-1-9(15)2-4-13/h1-4,8,10-12,14,16-17H,5-7H2/t8-,10+,11+,12-/m0/s1. The Hall–Kier alpha value is -1.21. The second-order valence-electron chi connectivity index (χ2n) is 4.53. The lowest BCUT2D eigenvalue weighted by molar-refractivity contribution is -0.176. The van der Waals surface area contributed by atoms with Gasteiger partial charge in [-0.25, -0.2) is 0 Å². The fourth-order valence-electron chi connectivity index (χ4n) is 2.10. The minimum atomic E-state index is -1.09. The third kappa shape index (κ3) is 2.78. The highest BCUT2D eigenvalue weighted by molar-refractivity contribution is 4.95. The number of aromatic nitrogens is 1. The number of hydrogen-bond donors (Lipinski definition) is 3. The Morgan fingerprint density at radius 3 is 2.56 bits per heavy atom. The number of hydrogen-bond acceptors (Lipinski definition) is 5. The third-order valence-electron chi connectivity index (χ3n) is 3.22. The quantitative estimate of drug-likeness (QED) is 0.616. The molecule has 2 heterocycles. The first-order valence-corrected chi connectivity index (χ1v) is 5.86. The summed E-state index contributed by atoms with van der Waals surface area (Å²) < 4.78 is 7.04. The first-order chi connectivity index (χ1) is 8.61. The SMILES string of the molecule is O=c1ccn(C[C@H]2CO[C@H](CO)[C@H](O)[C@@H]2O)cc1. The number of nitrogens with zero attached hydrogens (tertiary/aromatic N) is 1. The van der Waals surface area contributed by atoms with Gasteiger partial charge in [0.2, 0.25) is 0 Å². The molecule has 6 heteroatoms. The van der Waals surface area contributed by atoms with E-state index in [1.165, 1.54) is 12.1 Å². The fraction of sp³-hybridized carbons (Fsp3) is 0.583. The maximum atomic E-state index is 11.0. The van der Waals surface area contributed by atoms with Crippen LogP contribution in [-0.2, 0) is 11.3 Å². The molecule has 0 aliphatic carbocycles. The van der Waals surface area contributed by atoms with Crippen LogP contribution in [0.4, 0.5) is 0 Å². The van der Waals surface area contributed by atoms with Crippen LogP contribution in [0.2, 0.25) is 0 Å². The monoisotopic (exact) mass is 255 g/mol. The van der Waals surface area contributed by atoms with E-state index in [4.69, 9.17) is 9.84 Å². The molecule has 1 fully saturated rings. The smallest absolute Gasteiger partial charge is 0.181 e. The predicted octanol–water partition coefficient (Wildman–Crippen LogP) is -1.42. The Kier molecular flexibility index (Phi) is 4.13. The topological polar surface area (TPSA) is 91.9 Å². The second-order valence-corrected chi connectivity index (χ2v) is 4.53. The largest absolute Gasteiger partial charge is 0.394 e. The van der Waals surface area contributed by atoms with Crippen LogP contribution in [0.5, 0.6) is 0 Å². The van der Waals surface area contributed by atoms with Gasteiger partial charge in [-0.2, -0.15) is 0 Å². The van der Waals surface area contributed by atoms with E-state index in [0.29, 0.717) is 6.54 Å². The molecule has 1 aromatic heterocycles. The van der Waals surface area contributed by atoms with E-state index in [2.05, 4.69) is 0 Å². The molecule has 0 spiro atoms. The Labute approximate surface area is 104 Å². The molecule has 0 bridgehead atoms. The van der Waals surface area contributed by atoms with Crippen molar-refractivity contribution in [3.63, 3.8) is 0 Å².